The summed E-state index contributed by atoms with van der Waals surface area (Å²) < 4.78 is 0. The van der Waals surface area contributed by atoms with Crippen LogP contribution in [0.2, 0.25) is 0 Å². The summed E-state index contributed by atoms with van der Waals surface area (Å²) in [6, 6.07) is 18.0. The Labute approximate surface area is 164 Å². The number of hydrogen-bond donors (Lipinski definition) is 3. The van der Waals surface area contributed by atoms with Crippen molar-refractivity contribution in [3.05, 3.63) is 60.2 Å². The van der Waals surface area contributed by atoms with Crippen molar-refractivity contribution >= 4 is 29.3 Å². The monoisotopic (exact) mass is 383 g/mol. The van der Waals surface area contributed by atoms with Crippen LogP contribution in [0.15, 0.2) is 59.5 Å². The molecule has 3 rings (SSSR count). The minimum atomic E-state index is -0.362. The summed E-state index contributed by atoms with van der Waals surface area (Å²) in [5.74, 6) is -0.184. The van der Waals surface area contributed by atoms with E-state index in [1.165, 1.54) is 23.7 Å². The van der Waals surface area contributed by atoms with Gasteiger partial charge in [0.15, 0.2) is 0 Å². The standard InChI is InChI=1S/C21H25N3O2S/c22-19(25)14-27-18-10-5-4-9-17(18)23-13-20(26)24-15-21(11-6-12-21)16-7-2-1-3-8-16/h1-5,7-10,23H,6,11-15H2,(H2,22,25)(H,24,26). The van der Waals surface area contributed by atoms with Crippen molar-refractivity contribution in [2.45, 2.75) is 29.6 Å². The van der Waals surface area contributed by atoms with E-state index in [-0.39, 0.29) is 29.5 Å². The molecule has 2 aromatic carbocycles. The van der Waals surface area contributed by atoms with Gasteiger partial charge in [0, 0.05) is 22.5 Å². The molecule has 1 aliphatic carbocycles. The van der Waals surface area contributed by atoms with Gasteiger partial charge in [-0.05, 0) is 30.5 Å². The number of thioether (sulfide) groups is 1. The number of anilines is 1. The van der Waals surface area contributed by atoms with Gasteiger partial charge in [-0.3, -0.25) is 9.59 Å². The highest BCUT2D eigenvalue weighted by Gasteiger charge is 2.38. The average molecular weight is 384 g/mol. The maximum absolute atomic E-state index is 12.4. The second kappa shape index (κ2) is 8.95. The molecule has 1 saturated carbocycles. The van der Waals surface area contributed by atoms with Crippen LogP contribution in [0.4, 0.5) is 5.69 Å². The van der Waals surface area contributed by atoms with E-state index >= 15 is 0 Å². The van der Waals surface area contributed by atoms with E-state index < -0.39 is 0 Å². The molecular formula is C21H25N3O2S. The maximum Gasteiger partial charge on any atom is 0.239 e. The molecule has 2 aromatic rings. The van der Waals surface area contributed by atoms with Crippen LogP contribution < -0.4 is 16.4 Å². The van der Waals surface area contributed by atoms with Crippen LogP contribution >= 0.6 is 11.8 Å². The zero-order chi connectivity index (χ0) is 19.1. The molecule has 1 fully saturated rings. The molecule has 0 atom stereocenters. The molecule has 2 amide bonds. The molecule has 27 heavy (non-hydrogen) atoms. The number of benzene rings is 2. The SMILES string of the molecule is NC(=O)CSc1ccccc1NCC(=O)NCC1(c2ccccc2)CCC1. The molecule has 0 heterocycles. The minimum Gasteiger partial charge on any atom is -0.375 e. The lowest BCUT2D eigenvalue weighted by molar-refractivity contribution is -0.120. The molecule has 0 radical (unpaired) electrons. The van der Waals surface area contributed by atoms with Crippen molar-refractivity contribution < 1.29 is 9.59 Å². The molecular weight excluding hydrogens is 358 g/mol. The number of para-hydroxylation sites is 1. The molecule has 1 aliphatic rings. The normalized spacial score (nSPS) is 14.8. The summed E-state index contributed by atoms with van der Waals surface area (Å²) in [5, 5.41) is 6.25. The summed E-state index contributed by atoms with van der Waals surface area (Å²) in [7, 11) is 0. The largest absolute Gasteiger partial charge is 0.375 e. The van der Waals surface area contributed by atoms with Gasteiger partial charge in [0.2, 0.25) is 11.8 Å². The van der Waals surface area contributed by atoms with Gasteiger partial charge in [0.05, 0.1) is 12.3 Å². The number of carbonyl (C=O) groups is 2. The Hall–Kier alpha value is -2.47. The van der Waals surface area contributed by atoms with E-state index in [4.69, 9.17) is 5.73 Å². The average Bonchev–Trinajstić information content (AvgIpc) is 2.65. The zero-order valence-corrected chi connectivity index (χ0v) is 16.1. The Morgan fingerprint density at radius 2 is 1.74 bits per heavy atom. The third-order valence-corrected chi connectivity index (χ3v) is 6.11. The van der Waals surface area contributed by atoms with Crippen molar-refractivity contribution in [1.29, 1.82) is 0 Å². The van der Waals surface area contributed by atoms with Crippen LogP contribution in [-0.2, 0) is 15.0 Å². The first-order valence-electron chi connectivity index (χ1n) is 9.15. The Kier molecular flexibility index (Phi) is 6.40. The first kappa shape index (κ1) is 19.3. The van der Waals surface area contributed by atoms with Crippen molar-refractivity contribution in [1.82, 2.24) is 5.32 Å². The van der Waals surface area contributed by atoms with Gasteiger partial charge in [0.25, 0.3) is 0 Å². The summed E-state index contributed by atoms with van der Waals surface area (Å²) >= 11 is 1.37. The van der Waals surface area contributed by atoms with Crippen molar-refractivity contribution in [2.24, 2.45) is 5.73 Å². The quantitative estimate of drug-likeness (QED) is 0.581. The van der Waals surface area contributed by atoms with Crippen LogP contribution in [0.25, 0.3) is 0 Å². The Morgan fingerprint density at radius 1 is 1.04 bits per heavy atom. The predicted octanol–water partition coefficient (Wildman–Crippen LogP) is 2.91. The fraction of sp³-hybridized carbons (Fsp3) is 0.333. The Balaban J connectivity index is 1.52. The van der Waals surface area contributed by atoms with Gasteiger partial charge in [-0.2, -0.15) is 0 Å². The van der Waals surface area contributed by atoms with Gasteiger partial charge < -0.3 is 16.4 Å². The summed E-state index contributed by atoms with van der Waals surface area (Å²) in [5.41, 5.74) is 7.43. The number of nitrogens with two attached hydrogens (primary N) is 1. The van der Waals surface area contributed by atoms with E-state index in [0.29, 0.717) is 6.54 Å². The zero-order valence-electron chi connectivity index (χ0n) is 15.2. The summed E-state index contributed by atoms with van der Waals surface area (Å²) in [6.45, 7) is 0.856. The molecule has 0 unspecified atom stereocenters. The third kappa shape index (κ3) is 5.04. The fourth-order valence-corrected chi connectivity index (χ4v) is 4.12. The lowest BCUT2D eigenvalue weighted by Crippen LogP contribution is -2.46. The van der Waals surface area contributed by atoms with Gasteiger partial charge in [-0.15, -0.1) is 11.8 Å². The van der Waals surface area contributed by atoms with E-state index in [1.807, 2.05) is 30.3 Å². The molecule has 142 valence electrons. The van der Waals surface area contributed by atoms with Crippen LogP contribution in [0.1, 0.15) is 24.8 Å². The highest BCUT2D eigenvalue weighted by atomic mass is 32.2. The first-order chi connectivity index (χ1) is 13.1. The van der Waals surface area contributed by atoms with E-state index in [2.05, 4.69) is 34.9 Å². The number of rotatable bonds is 9. The number of hydrogen-bond acceptors (Lipinski definition) is 4. The molecule has 5 nitrogen and oxygen atoms in total. The minimum absolute atomic E-state index is 0.0353. The molecule has 6 heteroatoms. The summed E-state index contributed by atoms with van der Waals surface area (Å²) in [4.78, 5) is 24.3. The maximum atomic E-state index is 12.4. The smallest absolute Gasteiger partial charge is 0.239 e. The number of nitrogens with one attached hydrogen (secondary N) is 2. The molecule has 0 aliphatic heterocycles. The highest BCUT2D eigenvalue weighted by molar-refractivity contribution is 8.00. The van der Waals surface area contributed by atoms with Crippen LogP contribution in [0.3, 0.4) is 0 Å². The number of primary amides is 1. The van der Waals surface area contributed by atoms with Gasteiger partial charge in [0.1, 0.15) is 0 Å². The second-order valence-corrected chi connectivity index (χ2v) is 7.90. The molecule has 0 aromatic heterocycles. The first-order valence-corrected chi connectivity index (χ1v) is 10.1. The Bertz CT molecular complexity index is 791. The molecule has 0 bridgehead atoms. The molecule has 0 saturated heterocycles. The van der Waals surface area contributed by atoms with E-state index in [1.54, 1.807) is 0 Å². The Morgan fingerprint density at radius 3 is 2.41 bits per heavy atom. The summed E-state index contributed by atoms with van der Waals surface area (Å²) in [6.07, 6.45) is 3.42. The van der Waals surface area contributed by atoms with Crippen LogP contribution in [0, 0.1) is 0 Å². The van der Waals surface area contributed by atoms with Gasteiger partial charge >= 0.3 is 0 Å². The predicted molar refractivity (Wildman–Crippen MR) is 110 cm³/mol. The van der Waals surface area contributed by atoms with E-state index in [9.17, 15) is 9.59 Å². The molecule has 0 spiro atoms. The van der Waals surface area contributed by atoms with Gasteiger partial charge in [-0.25, -0.2) is 0 Å². The lowest BCUT2D eigenvalue weighted by Gasteiger charge is -2.42. The third-order valence-electron chi connectivity index (χ3n) is 5.02. The van der Waals surface area contributed by atoms with Crippen molar-refractivity contribution in [3.8, 4) is 0 Å². The van der Waals surface area contributed by atoms with Crippen LogP contribution in [-0.4, -0.2) is 30.7 Å². The highest BCUT2D eigenvalue weighted by Crippen LogP contribution is 2.43. The second-order valence-electron chi connectivity index (χ2n) is 6.88. The van der Waals surface area contributed by atoms with Crippen molar-refractivity contribution in [2.75, 3.05) is 24.2 Å². The number of amides is 2. The fourth-order valence-electron chi connectivity index (χ4n) is 3.36. The van der Waals surface area contributed by atoms with Crippen molar-refractivity contribution in [3.63, 3.8) is 0 Å². The van der Waals surface area contributed by atoms with Gasteiger partial charge in [-0.1, -0.05) is 48.9 Å². The van der Waals surface area contributed by atoms with Crippen LogP contribution in [0.5, 0.6) is 0 Å². The number of carbonyl (C=O) groups excluding carboxylic acids is 2. The lowest BCUT2D eigenvalue weighted by atomic mass is 9.64. The van der Waals surface area contributed by atoms with E-state index in [0.717, 1.165) is 23.4 Å². The topological polar surface area (TPSA) is 84.2 Å². The molecule has 4 N–H and O–H groups in total.